The van der Waals surface area contributed by atoms with E-state index in [9.17, 15) is 19.0 Å². The number of hydrogen-bond donors (Lipinski definition) is 2. The third kappa shape index (κ3) is 67.6. The molecule has 0 bridgehead atoms. The maximum absolute atomic E-state index is 12.8. The third-order valence-corrected chi connectivity index (χ3v) is 17.6. The highest BCUT2D eigenvalue weighted by Crippen LogP contribution is 2.43. The van der Waals surface area contributed by atoms with E-state index in [2.05, 4.69) is 38.2 Å². The topological polar surface area (TPSA) is 134 Å². The van der Waals surface area contributed by atoms with E-state index in [1.807, 2.05) is 0 Å². The Kier molecular flexibility index (Phi) is 67.3. The van der Waals surface area contributed by atoms with Crippen LogP contribution in [0.15, 0.2) is 24.3 Å². The number of rotatable bonds is 70. The fourth-order valence-corrected chi connectivity index (χ4v) is 12.0. The molecule has 0 aromatic heterocycles. The number of ether oxygens (including phenoxy) is 2. The molecule has 0 saturated heterocycles. The number of unbranched alkanes of at least 4 members (excludes halogenated alkanes) is 53. The molecule has 2 unspecified atom stereocenters. The van der Waals surface area contributed by atoms with Gasteiger partial charge in [0.05, 0.1) is 13.2 Å². The SMILES string of the molecule is CCCCCCC/C=C\C/C=C\CCCCCCCCCCCCCCCCCC(=O)OC(COC(=O)CCCCCCCCCCCCCCCCCCCCCCCCCCCCCCCCCCCC)COP(=O)(O)OCCN. The largest absolute Gasteiger partial charge is 0.472 e. The Balaban J connectivity index is 3.78. The molecular formula is C72H140NO8P. The van der Waals surface area contributed by atoms with Gasteiger partial charge in [-0.05, 0) is 44.9 Å². The Labute approximate surface area is 510 Å². The van der Waals surface area contributed by atoms with E-state index >= 15 is 0 Å². The molecule has 10 heteroatoms. The summed E-state index contributed by atoms with van der Waals surface area (Å²) < 4.78 is 33.2. The molecule has 0 aromatic carbocycles. The van der Waals surface area contributed by atoms with E-state index in [4.69, 9.17) is 24.3 Å². The summed E-state index contributed by atoms with van der Waals surface area (Å²) in [6.45, 7) is 3.82. The summed E-state index contributed by atoms with van der Waals surface area (Å²) in [6.07, 6.45) is 84.4. The first-order chi connectivity index (χ1) is 40.3. The number of phosphoric ester groups is 1. The summed E-state index contributed by atoms with van der Waals surface area (Å²) in [5.74, 6) is -0.803. The van der Waals surface area contributed by atoms with Crippen molar-refractivity contribution < 1.29 is 37.6 Å². The third-order valence-electron chi connectivity index (χ3n) is 16.6. The molecule has 0 fully saturated rings. The Morgan fingerprint density at radius 3 is 0.927 bits per heavy atom. The van der Waals surface area contributed by atoms with Gasteiger partial charge in [-0.3, -0.25) is 18.6 Å². The lowest BCUT2D eigenvalue weighted by molar-refractivity contribution is -0.161. The Hall–Kier alpha value is -1.51. The number of nitrogens with two attached hydrogens (primary N) is 1. The first kappa shape index (κ1) is 80.5. The lowest BCUT2D eigenvalue weighted by Gasteiger charge is -2.19. The van der Waals surface area contributed by atoms with Crippen molar-refractivity contribution in [2.24, 2.45) is 5.73 Å². The number of carbonyl (C=O) groups is 2. The Morgan fingerprint density at radius 1 is 0.366 bits per heavy atom. The molecule has 0 aliphatic heterocycles. The molecule has 2 atom stereocenters. The van der Waals surface area contributed by atoms with Crippen LogP contribution in [0.3, 0.4) is 0 Å². The molecule has 3 N–H and O–H groups in total. The van der Waals surface area contributed by atoms with Crippen molar-refractivity contribution in [3.63, 3.8) is 0 Å². The van der Waals surface area contributed by atoms with Crippen LogP contribution in [0.1, 0.15) is 393 Å². The first-order valence-electron chi connectivity index (χ1n) is 36.3. The van der Waals surface area contributed by atoms with Gasteiger partial charge in [-0.25, -0.2) is 4.57 Å². The molecule has 0 saturated carbocycles. The van der Waals surface area contributed by atoms with Crippen molar-refractivity contribution in [2.45, 2.75) is 399 Å². The van der Waals surface area contributed by atoms with Gasteiger partial charge < -0.3 is 20.1 Å². The van der Waals surface area contributed by atoms with Gasteiger partial charge in [0.15, 0.2) is 6.10 Å². The number of allylic oxidation sites excluding steroid dienone is 4. The molecule has 0 amide bonds. The number of hydrogen-bond acceptors (Lipinski definition) is 8. The fraction of sp³-hybridized carbons (Fsp3) is 0.917. The van der Waals surface area contributed by atoms with Gasteiger partial charge in [0.25, 0.3) is 0 Å². The van der Waals surface area contributed by atoms with Gasteiger partial charge in [-0.1, -0.05) is 359 Å². The second-order valence-electron chi connectivity index (χ2n) is 24.8. The van der Waals surface area contributed by atoms with Crippen LogP contribution in [-0.4, -0.2) is 49.3 Å². The molecule has 0 radical (unpaired) electrons. The zero-order chi connectivity index (χ0) is 59.4. The maximum atomic E-state index is 12.8. The van der Waals surface area contributed by atoms with E-state index in [-0.39, 0.29) is 38.6 Å². The minimum absolute atomic E-state index is 0.0565. The first-order valence-corrected chi connectivity index (χ1v) is 37.8. The van der Waals surface area contributed by atoms with E-state index in [1.54, 1.807) is 0 Å². The van der Waals surface area contributed by atoms with Crippen molar-refractivity contribution in [3.8, 4) is 0 Å². The maximum Gasteiger partial charge on any atom is 0.472 e. The summed E-state index contributed by atoms with van der Waals surface area (Å²) in [5, 5.41) is 0. The lowest BCUT2D eigenvalue weighted by Crippen LogP contribution is -2.29. The lowest BCUT2D eigenvalue weighted by atomic mass is 10.0. The summed E-state index contributed by atoms with van der Waals surface area (Å²) >= 11 is 0. The van der Waals surface area contributed by atoms with Crippen molar-refractivity contribution in [1.29, 1.82) is 0 Å². The second-order valence-corrected chi connectivity index (χ2v) is 26.3. The summed E-state index contributed by atoms with van der Waals surface area (Å²) in [4.78, 5) is 35.4. The van der Waals surface area contributed by atoms with Crippen molar-refractivity contribution >= 4 is 19.8 Å². The predicted octanol–water partition coefficient (Wildman–Crippen LogP) is 23.7. The number of phosphoric acid groups is 1. The highest BCUT2D eigenvalue weighted by Gasteiger charge is 2.26. The zero-order valence-electron chi connectivity index (χ0n) is 54.8. The van der Waals surface area contributed by atoms with Crippen LogP contribution >= 0.6 is 7.82 Å². The Morgan fingerprint density at radius 2 is 0.634 bits per heavy atom. The van der Waals surface area contributed by atoms with Crippen molar-refractivity contribution in [2.75, 3.05) is 26.4 Å². The molecule has 0 aliphatic carbocycles. The standard InChI is InChI=1S/C72H140NO8P/c1-3-5-7-9-11-13-15-17-19-21-23-25-27-29-31-32-33-34-35-36-37-39-40-42-44-46-48-50-52-54-56-58-60-62-64-71(74)78-68-70(69-80-82(76,77)79-67-66-73)81-72(75)65-63-61-59-57-55-53-51-49-47-45-43-41-38-30-28-26-24-22-20-18-16-14-12-10-8-6-4-2/h16,18,22,24,70H,3-15,17,19-21,23,25-69,73H2,1-2H3,(H,76,77)/b18-16-,24-22-. The van der Waals surface area contributed by atoms with Gasteiger partial charge in [0.1, 0.15) is 6.61 Å². The highest BCUT2D eigenvalue weighted by molar-refractivity contribution is 7.47. The molecule has 0 rings (SSSR count). The normalized spacial score (nSPS) is 13.0. The van der Waals surface area contributed by atoms with Gasteiger partial charge in [0.2, 0.25) is 0 Å². The minimum atomic E-state index is -4.39. The molecular weight excluding hydrogens is 1040 g/mol. The van der Waals surface area contributed by atoms with E-state index in [0.717, 1.165) is 38.5 Å². The molecule has 0 aliphatic rings. The molecule has 0 heterocycles. The average Bonchev–Trinajstić information content (AvgIpc) is 3.49. The van der Waals surface area contributed by atoms with Crippen molar-refractivity contribution in [1.82, 2.24) is 0 Å². The van der Waals surface area contributed by atoms with Crippen LogP contribution in [0, 0.1) is 0 Å². The van der Waals surface area contributed by atoms with Crippen molar-refractivity contribution in [3.05, 3.63) is 24.3 Å². The fourth-order valence-electron chi connectivity index (χ4n) is 11.2. The minimum Gasteiger partial charge on any atom is -0.462 e. The molecule has 0 spiro atoms. The average molecular weight is 1180 g/mol. The second kappa shape index (κ2) is 68.6. The highest BCUT2D eigenvalue weighted by atomic mass is 31.2. The molecule has 0 aromatic rings. The van der Waals surface area contributed by atoms with Crippen LogP contribution in [0.25, 0.3) is 0 Å². The van der Waals surface area contributed by atoms with Crippen LogP contribution in [0.2, 0.25) is 0 Å². The molecule has 82 heavy (non-hydrogen) atoms. The summed E-state index contributed by atoms with van der Waals surface area (Å²) in [5.41, 5.74) is 5.40. The van der Waals surface area contributed by atoms with Crippen LogP contribution in [-0.2, 0) is 32.7 Å². The van der Waals surface area contributed by atoms with Gasteiger partial charge >= 0.3 is 19.8 Å². The number of esters is 2. The Bertz CT molecular complexity index is 1390. The summed E-state index contributed by atoms with van der Waals surface area (Å²) in [7, 11) is -4.39. The number of carbonyl (C=O) groups excluding carboxylic acids is 2. The zero-order valence-corrected chi connectivity index (χ0v) is 55.7. The van der Waals surface area contributed by atoms with Gasteiger partial charge in [-0.15, -0.1) is 0 Å². The van der Waals surface area contributed by atoms with E-state index in [0.29, 0.717) is 6.42 Å². The van der Waals surface area contributed by atoms with Crippen LogP contribution < -0.4 is 5.73 Å². The van der Waals surface area contributed by atoms with Crippen LogP contribution in [0.4, 0.5) is 0 Å². The van der Waals surface area contributed by atoms with E-state index < -0.39 is 26.5 Å². The molecule has 9 nitrogen and oxygen atoms in total. The monoisotopic (exact) mass is 1180 g/mol. The van der Waals surface area contributed by atoms with E-state index in [1.165, 1.54) is 321 Å². The smallest absolute Gasteiger partial charge is 0.462 e. The van der Waals surface area contributed by atoms with Gasteiger partial charge in [-0.2, -0.15) is 0 Å². The summed E-state index contributed by atoms with van der Waals surface area (Å²) in [6, 6.07) is 0. The molecule has 486 valence electrons. The van der Waals surface area contributed by atoms with Gasteiger partial charge in [0, 0.05) is 19.4 Å². The van der Waals surface area contributed by atoms with Crippen LogP contribution in [0.5, 0.6) is 0 Å². The quantitative estimate of drug-likeness (QED) is 0.0264. The predicted molar refractivity (Wildman–Crippen MR) is 354 cm³/mol.